The van der Waals surface area contributed by atoms with Crippen LogP contribution in [0.5, 0.6) is 5.75 Å². The Balaban J connectivity index is 1.31. The number of unbranched alkanes of at least 4 members (excludes halogenated alkanes) is 9. The molecule has 2 saturated heterocycles. The lowest BCUT2D eigenvalue weighted by atomic mass is 9.97. The zero-order valence-corrected chi connectivity index (χ0v) is 34.1. The summed E-state index contributed by atoms with van der Waals surface area (Å²) in [5.41, 5.74) is 2.96. The first kappa shape index (κ1) is 43.4. The van der Waals surface area contributed by atoms with E-state index in [-0.39, 0.29) is 69.1 Å². The first-order chi connectivity index (χ1) is 27.6. The minimum atomic E-state index is -3.78. The van der Waals surface area contributed by atoms with E-state index in [1.165, 1.54) is 60.6 Å². The SMILES string of the molecule is C=CCN1CC(=O)N2[C@@H](Cc3ccc(O)cc3)C(=O)N(Cc3ccccc3COS(=O)(=O)CCCCCCCCCCCC)C[C@@H]2N1C(=O)NCc1ccccc1. The van der Waals surface area contributed by atoms with Crippen LogP contribution in [0.2, 0.25) is 0 Å². The number of urea groups is 1. The van der Waals surface area contributed by atoms with Crippen LogP contribution < -0.4 is 5.32 Å². The van der Waals surface area contributed by atoms with Gasteiger partial charge in [0.1, 0.15) is 18.0 Å². The maximum atomic E-state index is 14.5. The number of hydrogen-bond acceptors (Lipinski definition) is 8. The fourth-order valence-corrected chi connectivity index (χ4v) is 8.57. The van der Waals surface area contributed by atoms with Crippen molar-refractivity contribution in [3.05, 3.63) is 114 Å². The molecule has 13 heteroatoms. The minimum Gasteiger partial charge on any atom is -0.508 e. The van der Waals surface area contributed by atoms with Gasteiger partial charge in [0.05, 0.1) is 25.4 Å². The van der Waals surface area contributed by atoms with Gasteiger partial charge in [0.2, 0.25) is 11.8 Å². The smallest absolute Gasteiger partial charge is 0.334 e. The van der Waals surface area contributed by atoms with Crippen LogP contribution in [-0.2, 0) is 50.0 Å². The molecule has 0 bridgehead atoms. The summed E-state index contributed by atoms with van der Waals surface area (Å²) >= 11 is 0. The second-order valence-corrected chi connectivity index (χ2v) is 16.7. The third-order valence-electron chi connectivity index (χ3n) is 10.7. The number of hydrazine groups is 1. The van der Waals surface area contributed by atoms with Crippen molar-refractivity contribution in [3.8, 4) is 5.75 Å². The Morgan fingerprint density at radius 2 is 1.49 bits per heavy atom. The molecule has 308 valence electrons. The van der Waals surface area contributed by atoms with Gasteiger partial charge >= 0.3 is 6.03 Å². The van der Waals surface area contributed by atoms with E-state index >= 15 is 0 Å². The fraction of sp³-hybridized carbons (Fsp3) is 0.477. The number of carbonyl (C=O) groups is 3. The second kappa shape index (κ2) is 21.7. The second-order valence-electron chi connectivity index (χ2n) is 15.0. The number of benzene rings is 3. The van der Waals surface area contributed by atoms with Crippen molar-refractivity contribution in [3.63, 3.8) is 0 Å². The molecule has 2 heterocycles. The van der Waals surface area contributed by atoms with Crippen molar-refractivity contribution in [1.82, 2.24) is 25.1 Å². The molecule has 2 aliphatic rings. The lowest BCUT2D eigenvalue weighted by Crippen LogP contribution is -2.76. The number of nitrogens with zero attached hydrogens (tertiary/aromatic N) is 4. The highest BCUT2D eigenvalue weighted by atomic mass is 32.2. The summed E-state index contributed by atoms with van der Waals surface area (Å²) in [7, 11) is -3.78. The third-order valence-corrected chi connectivity index (χ3v) is 11.9. The molecule has 0 unspecified atom stereocenters. The van der Waals surface area contributed by atoms with E-state index in [4.69, 9.17) is 4.18 Å². The molecule has 3 aromatic carbocycles. The van der Waals surface area contributed by atoms with Crippen molar-refractivity contribution in [2.45, 2.75) is 109 Å². The normalized spacial score (nSPS) is 17.5. The zero-order chi connectivity index (χ0) is 40.6. The Bertz CT molecular complexity index is 1870. The summed E-state index contributed by atoms with van der Waals surface area (Å²) in [5, 5.41) is 16.1. The fourth-order valence-electron chi connectivity index (χ4n) is 7.59. The molecule has 0 aromatic heterocycles. The molecular weight excluding hydrogens is 743 g/mol. The van der Waals surface area contributed by atoms with Crippen molar-refractivity contribution < 1.29 is 32.1 Å². The lowest BCUT2D eigenvalue weighted by Gasteiger charge is -2.55. The molecule has 4 amide bonds. The molecule has 0 spiro atoms. The average molecular weight is 802 g/mol. The van der Waals surface area contributed by atoms with Crippen LogP contribution in [0.3, 0.4) is 0 Å². The van der Waals surface area contributed by atoms with Gasteiger partial charge in [0, 0.05) is 26.1 Å². The predicted molar refractivity (Wildman–Crippen MR) is 221 cm³/mol. The highest BCUT2D eigenvalue weighted by molar-refractivity contribution is 7.86. The third kappa shape index (κ3) is 12.6. The van der Waals surface area contributed by atoms with Crippen molar-refractivity contribution in [2.24, 2.45) is 0 Å². The van der Waals surface area contributed by atoms with E-state index in [0.717, 1.165) is 30.4 Å². The number of phenolic OH excluding ortho intramolecular Hbond substituents is 1. The highest BCUT2D eigenvalue weighted by Gasteiger charge is 2.51. The van der Waals surface area contributed by atoms with Crippen LogP contribution in [0.15, 0.2) is 91.5 Å². The summed E-state index contributed by atoms with van der Waals surface area (Å²) in [5.74, 6) is -0.580. The van der Waals surface area contributed by atoms with Gasteiger partial charge in [0.25, 0.3) is 10.1 Å². The number of piperazine rings is 1. The number of phenols is 1. The van der Waals surface area contributed by atoms with Gasteiger partial charge in [-0.15, -0.1) is 6.58 Å². The van der Waals surface area contributed by atoms with Gasteiger partial charge in [-0.05, 0) is 40.8 Å². The summed E-state index contributed by atoms with van der Waals surface area (Å²) in [6.45, 7) is 6.35. The number of fused-ring (bicyclic) bond motifs is 1. The van der Waals surface area contributed by atoms with Gasteiger partial charge in [-0.1, -0.05) is 138 Å². The molecule has 0 saturated carbocycles. The van der Waals surface area contributed by atoms with Gasteiger partial charge < -0.3 is 20.2 Å². The van der Waals surface area contributed by atoms with Crippen LogP contribution in [0.4, 0.5) is 4.79 Å². The largest absolute Gasteiger partial charge is 0.508 e. The van der Waals surface area contributed by atoms with E-state index in [2.05, 4.69) is 18.8 Å². The molecule has 12 nitrogen and oxygen atoms in total. The van der Waals surface area contributed by atoms with Crippen LogP contribution in [0, 0.1) is 0 Å². The van der Waals surface area contributed by atoms with Crippen LogP contribution >= 0.6 is 0 Å². The number of hydrogen-bond donors (Lipinski definition) is 2. The van der Waals surface area contributed by atoms with Gasteiger partial charge in [-0.25, -0.2) is 14.8 Å². The standard InChI is InChI=1S/C44H59N5O7S/c1-3-5-6-7-8-9-10-11-12-18-28-57(54,55)56-34-38-22-17-16-21-37(38)31-46-32-41-48(40(43(46)52)29-35-23-25-39(50)26-24-35)42(51)33-47(27-4-2)49(41)44(53)45-30-36-19-14-13-15-20-36/h4,13-17,19-26,40-41,50H,2-3,5-12,18,27-34H2,1H3,(H,45,53)/t40-,41-/m0/s1. The van der Waals surface area contributed by atoms with Crippen molar-refractivity contribution >= 4 is 28.0 Å². The van der Waals surface area contributed by atoms with Gasteiger partial charge in [0.15, 0.2) is 0 Å². The Morgan fingerprint density at radius 3 is 2.16 bits per heavy atom. The van der Waals surface area contributed by atoms with Crippen LogP contribution in [0.25, 0.3) is 0 Å². The molecule has 2 aliphatic heterocycles. The van der Waals surface area contributed by atoms with Crippen LogP contribution in [0.1, 0.15) is 93.4 Å². The maximum Gasteiger partial charge on any atom is 0.334 e. The van der Waals surface area contributed by atoms with E-state index in [9.17, 15) is 27.9 Å². The Hall–Kier alpha value is -4.72. The lowest BCUT2D eigenvalue weighted by molar-refractivity contribution is -0.189. The minimum absolute atomic E-state index is 0.00921. The average Bonchev–Trinajstić information content (AvgIpc) is 3.20. The molecule has 2 atom stereocenters. The number of carbonyl (C=O) groups excluding carboxylic acids is 3. The number of amides is 4. The first-order valence-corrected chi connectivity index (χ1v) is 22.0. The topological polar surface area (TPSA) is 140 Å². The highest BCUT2D eigenvalue weighted by Crippen LogP contribution is 2.30. The van der Waals surface area contributed by atoms with E-state index in [1.807, 2.05) is 42.5 Å². The van der Waals surface area contributed by atoms with Crippen LogP contribution in [-0.4, -0.2) is 88.8 Å². The quantitative estimate of drug-likeness (QED) is 0.0636. The van der Waals surface area contributed by atoms with Crippen molar-refractivity contribution in [1.29, 1.82) is 0 Å². The molecule has 5 rings (SSSR count). The zero-order valence-electron chi connectivity index (χ0n) is 33.3. The molecule has 2 fully saturated rings. The van der Waals surface area contributed by atoms with Gasteiger partial charge in [-0.3, -0.25) is 13.8 Å². The summed E-state index contributed by atoms with van der Waals surface area (Å²) in [6, 6.07) is 21.9. The monoisotopic (exact) mass is 801 g/mol. The predicted octanol–water partition coefficient (Wildman–Crippen LogP) is 6.90. The molecule has 0 aliphatic carbocycles. The summed E-state index contributed by atoms with van der Waals surface area (Å²) in [6.07, 6.45) is 11.9. The Labute approximate surface area is 338 Å². The molecule has 0 radical (unpaired) electrons. The Morgan fingerprint density at radius 1 is 0.860 bits per heavy atom. The van der Waals surface area contributed by atoms with Gasteiger partial charge in [-0.2, -0.15) is 8.42 Å². The first-order valence-electron chi connectivity index (χ1n) is 20.4. The summed E-state index contributed by atoms with van der Waals surface area (Å²) in [4.78, 5) is 45.7. The summed E-state index contributed by atoms with van der Waals surface area (Å²) < 4.78 is 31.4. The molecule has 2 N–H and O–H groups in total. The Kier molecular flexibility index (Phi) is 16.5. The number of aromatic hydroxyl groups is 1. The molecule has 3 aromatic rings. The van der Waals surface area contributed by atoms with E-state index in [1.54, 1.807) is 40.3 Å². The van der Waals surface area contributed by atoms with E-state index < -0.39 is 28.4 Å². The molecule has 57 heavy (non-hydrogen) atoms. The van der Waals surface area contributed by atoms with Crippen molar-refractivity contribution in [2.75, 3.05) is 25.4 Å². The molecular formula is C44H59N5O7S. The number of nitrogens with one attached hydrogen (secondary N) is 1. The number of rotatable bonds is 22. The maximum absolute atomic E-state index is 14.5. The van der Waals surface area contributed by atoms with E-state index in [0.29, 0.717) is 17.5 Å².